The van der Waals surface area contributed by atoms with Gasteiger partial charge in [-0.2, -0.15) is 0 Å². The first-order valence-electron chi connectivity index (χ1n) is 9.15. The molecule has 0 amide bonds. The molecule has 3 atom stereocenters. The van der Waals surface area contributed by atoms with Crippen molar-refractivity contribution in [1.29, 1.82) is 0 Å². The van der Waals surface area contributed by atoms with E-state index in [1.165, 1.54) is 29.6 Å². The maximum absolute atomic E-state index is 5.96. The number of terminal acetylenes is 1. The van der Waals surface area contributed by atoms with Crippen molar-refractivity contribution < 1.29 is 4.74 Å². The number of hydrogen-bond donors (Lipinski definition) is 0. The first-order valence-corrected chi connectivity index (χ1v) is 9.15. The number of fused-ring (bicyclic) bond motifs is 2. The van der Waals surface area contributed by atoms with Gasteiger partial charge in [-0.15, -0.1) is 6.42 Å². The predicted octanol–water partition coefficient (Wildman–Crippen LogP) is 4.98. The van der Waals surface area contributed by atoms with E-state index < -0.39 is 0 Å². The van der Waals surface area contributed by atoms with Crippen molar-refractivity contribution in [2.75, 3.05) is 7.11 Å². The van der Waals surface area contributed by atoms with Gasteiger partial charge in [0.1, 0.15) is 5.76 Å². The van der Waals surface area contributed by atoms with Gasteiger partial charge < -0.3 is 4.74 Å². The smallest absolute Gasteiger partial charge is 0.126 e. The molecule has 0 heterocycles. The lowest BCUT2D eigenvalue weighted by Gasteiger charge is -2.41. The molecule has 1 aromatic rings. The van der Waals surface area contributed by atoms with Gasteiger partial charge in [0.05, 0.1) is 7.11 Å². The second-order valence-electron chi connectivity index (χ2n) is 7.05. The van der Waals surface area contributed by atoms with Crippen LogP contribution in [0.5, 0.6) is 0 Å². The van der Waals surface area contributed by atoms with Gasteiger partial charge in [0.15, 0.2) is 0 Å². The minimum atomic E-state index is 0.170. The first kappa shape index (κ1) is 18.0. The molecule has 0 spiro atoms. The lowest BCUT2D eigenvalue weighted by Crippen LogP contribution is -2.31. The fourth-order valence-electron chi connectivity index (χ4n) is 4.32. The van der Waals surface area contributed by atoms with E-state index >= 15 is 0 Å². The van der Waals surface area contributed by atoms with Crippen molar-refractivity contribution in [3.63, 3.8) is 0 Å². The summed E-state index contributed by atoms with van der Waals surface area (Å²) < 4.78 is 5.96. The summed E-state index contributed by atoms with van der Waals surface area (Å²) >= 11 is 0. The first-order chi connectivity index (χ1) is 12.7. The summed E-state index contributed by atoms with van der Waals surface area (Å²) in [5.41, 5.74) is 5.20. The molecular formula is C25H24O. The van der Waals surface area contributed by atoms with Crippen LogP contribution in [0, 0.1) is 60.7 Å². The molecule has 3 rings (SSSR count). The van der Waals surface area contributed by atoms with Crippen LogP contribution in [-0.4, -0.2) is 7.11 Å². The molecule has 3 unspecified atom stereocenters. The third kappa shape index (κ3) is 3.57. The topological polar surface area (TPSA) is 9.23 Å². The van der Waals surface area contributed by atoms with E-state index in [1.54, 1.807) is 7.11 Å². The zero-order chi connectivity index (χ0) is 18.5. The Kier molecular flexibility index (Phi) is 5.56. The molecule has 1 heteroatoms. The van der Waals surface area contributed by atoms with Crippen molar-refractivity contribution in [2.45, 2.75) is 33.1 Å². The van der Waals surface area contributed by atoms with Gasteiger partial charge in [-0.3, -0.25) is 0 Å². The van der Waals surface area contributed by atoms with Crippen molar-refractivity contribution in [3.8, 4) is 36.0 Å². The number of methoxy groups -OCH3 is 1. The molecule has 1 nitrogen and oxygen atoms in total. The van der Waals surface area contributed by atoms with Gasteiger partial charge in [-0.05, 0) is 62.0 Å². The standard InChI is InChI=1S/C25H24O/c1-5-6-7-8-12-20-17-19(3)22-14-10-15-23(20)24(22)25(26-4)21-13-9-11-18(2)16-21/h1,9,11,13,16-17,20,22-23H,10,14-15H2,2-4H3/b25-24-. The molecule has 2 aliphatic carbocycles. The van der Waals surface area contributed by atoms with Crippen LogP contribution in [0.2, 0.25) is 0 Å². The average molecular weight is 340 g/mol. The zero-order valence-electron chi connectivity index (χ0n) is 15.7. The summed E-state index contributed by atoms with van der Waals surface area (Å²) in [6, 6.07) is 8.56. The van der Waals surface area contributed by atoms with Crippen LogP contribution in [-0.2, 0) is 4.74 Å². The van der Waals surface area contributed by atoms with E-state index in [9.17, 15) is 0 Å². The monoisotopic (exact) mass is 340 g/mol. The Bertz CT molecular complexity index is 915. The molecule has 1 fully saturated rings. The highest BCUT2D eigenvalue weighted by Gasteiger charge is 2.39. The molecule has 1 aromatic carbocycles. The van der Waals surface area contributed by atoms with Gasteiger partial charge in [-0.25, -0.2) is 0 Å². The summed E-state index contributed by atoms with van der Waals surface area (Å²) in [6.07, 6.45) is 11.0. The minimum absolute atomic E-state index is 0.170. The third-order valence-electron chi connectivity index (χ3n) is 5.39. The molecule has 0 saturated heterocycles. The molecule has 130 valence electrons. The molecule has 0 N–H and O–H groups in total. The van der Waals surface area contributed by atoms with E-state index in [0.717, 1.165) is 17.7 Å². The van der Waals surface area contributed by atoms with Crippen molar-refractivity contribution >= 4 is 5.76 Å². The van der Waals surface area contributed by atoms with E-state index in [2.05, 4.69) is 73.8 Å². The maximum atomic E-state index is 5.96. The van der Waals surface area contributed by atoms with Gasteiger partial charge in [0.2, 0.25) is 0 Å². The summed E-state index contributed by atoms with van der Waals surface area (Å²) in [5, 5.41) is 0. The predicted molar refractivity (Wildman–Crippen MR) is 108 cm³/mol. The summed E-state index contributed by atoms with van der Waals surface area (Å²) in [6.45, 7) is 4.34. The minimum Gasteiger partial charge on any atom is -0.496 e. The Morgan fingerprint density at radius 3 is 2.73 bits per heavy atom. The average Bonchev–Trinajstić information content (AvgIpc) is 2.64. The number of allylic oxidation sites excluding steroid dienone is 3. The highest BCUT2D eigenvalue weighted by atomic mass is 16.5. The number of rotatable bonds is 2. The molecule has 26 heavy (non-hydrogen) atoms. The third-order valence-corrected chi connectivity index (χ3v) is 5.39. The number of hydrogen-bond acceptors (Lipinski definition) is 1. The summed E-state index contributed by atoms with van der Waals surface area (Å²) in [4.78, 5) is 0. The zero-order valence-corrected chi connectivity index (χ0v) is 15.7. The van der Waals surface area contributed by atoms with E-state index in [1.807, 2.05) is 0 Å². The van der Waals surface area contributed by atoms with Gasteiger partial charge in [0, 0.05) is 23.3 Å². The van der Waals surface area contributed by atoms with Crippen LogP contribution in [0.15, 0.2) is 41.5 Å². The molecule has 2 aliphatic rings. The highest BCUT2D eigenvalue weighted by molar-refractivity contribution is 5.66. The second-order valence-corrected chi connectivity index (χ2v) is 7.05. The number of ether oxygens (including phenoxy) is 1. The lowest BCUT2D eigenvalue weighted by atomic mass is 9.64. The van der Waals surface area contributed by atoms with Crippen LogP contribution >= 0.6 is 0 Å². The highest BCUT2D eigenvalue weighted by Crippen LogP contribution is 2.49. The van der Waals surface area contributed by atoms with Gasteiger partial charge >= 0.3 is 0 Å². The molecule has 0 aromatic heterocycles. The summed E-state index contributed by atoms with van der Waals surface area (Å²) in [5.74, 6) is 15.9. The molecule has 2 bridgehead atoms. The fourth-order valence-corrected chi connectivity index (χ4v) is 4.32. The molecular weight excluding hydrogens is 316 g/mol. The van der Waals surface area contributed by atoms with Crippen molar-refractivity contribution in [2.24, 2.45) is 17.8 Å². The van der Waals surface area contributed by atoms with Crippen molar-refractivity contribution in [1.82, 2.24) is 0 Å². The molecule has 0 radical (unpaired) electrons. The van der Waals surface area contributed by atoms with E-state index in [0.29, 0.717) is 11.8 Å². The molecule has 1 saturated carbocycles. The Morgan fingerprint density at radius 2 is 2.00 bits per heavy atom. The number of aryl methyl sites for hydroxylation is 1. The summed E-state index contributed by atoms with van der Waals surface area (Å²) in [7, 11) is 1.78. The normalized spacial score (nSPS) is 25.5. The molecule has 0 aliphatic heterocycles. The fraction of sp³-hybridized carbons (Fsp3) is 0.360. The van der Waals surface area contributed by atoms with Crippen LogP contribution in [0.4, 0.5) is 0 Å². The van der Waals surface area contributed by atoms with Gasteiger partial charge in [-0.1, -0.05) is 47.8 Å². The van der Waals surface area contributed by atoms with Crippen LogP contribution in [0.25, 0.3) is 5.76 Å². The van der Waals surface area contributed by atoms with Crippen molar-refractivity contribution in [3.05, 3.63) is 52.6 Å². The van der Waals surface area contributed by atoms with E-state index in [-0.39, 0.29) is 5.92 Å². The SMILES string of the molecule is C#CC#CC#CC1C=C(C)C2CCCC1/C2=C(\OC)c1cccc(C)c1. The van der Waals surface area contributed by atoms with Crippen LogP contribution in [0.3, 0.4) is 0 Å². The Morgan fingerprint density at radius 1 is 1.15 bits per heavy atom. The van der Waals surface area contributed by atoms with Crippen LogP contribution < -0.4 is 0 Å². The Balaban J connectivity index is 2.11. The van der Waals surface area contributed by atoms with E-state index in [4.69, 9.17) is 11.2 Å². The quantitative estimate of drug-likeness (QED) is 0.419. The lowest BCUT2D eigenvalue weighted by molar-refractivity contribution is 0.308. The largest absolute Gasteiger partial charge is 0.496 e. The Hall–Kier alpha value is -2.82. The number of benzene rings is 1. The second kappa shape index (κ2) is 8.04. The maximum Gasteiger partial charge on any atom is 0.126 e. The van der Waals surface area contributed by atoms with Gasteiger partial charge in [0.25, 0.3) is 0 Å². The Labute approximate surface area is 157 Å². The van der Waals surface area contributed by atoms with Crippen LogP contribution in [0.1, 0.15) is 37.3 Å².